The summed E-state index contributed by atoms with van der Waals surface area (Å²) in [5.74, 6) is -1.12. The highest BCUT2D eigenvalue weighted by Gasteiger charge is 2.33. The summed E-state index contributed by atoms with van der Waals surface area (Å²) in [6.07, 6.45) is 0. The first-order valence-electron chi connectivity index (χ1n) is 9.74. The topological polar surface area (TPSA) is 96.0 Å². The van der Waals surface area contributed by atoms with Gasteiger partial charge in [-0.05, 0) is 50.2 Å². The van der Waals surface area contributed by atoms with Crippen LogP contribution >= 0.6 is 11.6 Å². The first-order valence-corrected chi connectivity index (χ1v) is 10.1. The van der Waals surface area contributed by atoms with Crippen LogP contribution in [0.25, 0.3) is 0 Å². The number of likely N-dealkylation sites (N-methyl/N-ethyl adjacent to an activating group) is 1. The lowest BCUT2D eigenvalue weighted by molar-refractivity contribution is -0.132. The number of halogens is 1. The molecule has 0 spiro atoms. The summed E-state index contributed by atoms with van der Waals surface area (Å²) in [5.41, 5.74) is 1.11. The Kier molecular flexibility index (Phi) is 6.60. The average Bonchev–Trinajstić information content (AvgIpc) is 2.97. The van der Waals surface area contributed by atoms with E-state index in [0.717, 1.165) is 4.90 Å². The molecule has 3 rings (SSSR count). The van der Waals surface area contributed by atoms with Crippen molar-refractivity contribution < 1.29 is 23.9 Å². The zero-order chi connectivity index (χ0) is 22.7. The fraction of sp³-hybridized carbons (Fsp3) is 0.273. The Bertz CT molecular complexity index is 1070. The summed E-state index contributed by atoms with van der Waals surface area (Å²) in [6, 6.07) is 9.00. The van der Waals surface area contributed by atoms with Gasteiger partial charge >= 0.3 is 0 Å². The zero-order valence-electron chi connectivity index (χ0n) is 17.4. The molecule has 0 fully saturated rings. The van der Waals surface area contributed by atoms with Crippen molar-refractivity contribution in [2.24, 2.45) is 0 Å². The van der Waals surface area contributed by atoms with E-state index in [1.165, 1.54) is 31.3 Å². The van der Waals surface area contributed by atoms with Gasteiger partial charge in [0.1, 0.15) is 5.75 Å². The molecule has 2 aromatic rings. The quantitative estimate of drug-likeness (QED) is 0.663. The van der Waals surface area contributed by atoms with E-state index in [1.54, 1.807) is 17.0 Å². The minimum absolute atomic E-state index is 0.135. The Labute approximate surface area is 184 Å². The number of nitrogens with one attached hydrogen (secondary N) is 1. The molecule has 0 aromatic heterocycles. The fourth-order valence-electron chi connectivity index (χ4n) is 3.21. The number of benzene rings is 2. The molecule has 0 unspecified atom stereocenters. The van der Waals surface area contributed by atoms with Gasteiger partial charge in [-0.3, -0.25) is 24.1 Å². The third-order valence-corrected chi connectivity index (χ3v) is 5.30. The summed E-state index contributed by atoms with van der Waals surface area (Å²) in [6.45, 7) is 4.83. The lowest BCUT2D eigenvalue weighted by Crippen LogP contribution is -2.34. The number of anilines is 1. The number of fused-ring (bicyclic) bond motifs is 1. The second kappa shape index (κ2) is 9.18. The second-order valence-electron chi connectivity index (χ2n) is 6.88. The molecule has 0 radical (unpaired) electrons. The maximum Gasteiger partial charge on any atom is 0.261 e. The van der Waals surface area contributed by atoms with Crippen LogP contribution in [-0.4, -0.2) is 60.2 Å². The van der Waals surface area contributed by atoms with Crippen LogP contribution in [0.4, 0.5) is 5.69 Å². The number of imide groups is 1. The number of carbonyl (C=O) groups is 4. The summed E-state index contributed by atoms with van der Waals surface area (Å²) in [7, 11) is 1.39. The molecule has 8 nitrogen and oxygen atoms in total. The van der Waals surface area contributed by atoms with Crippen LogP contribution in [0.3, 0.4) is 0 Å². The van der Waals surface area contributed by atoms with E-state index in [9.17, 15) is 19.2 Å². The molecule has 9 heteroatoms. The number of amides is 4. The first-order chi connectivity index (χ1) is 14.8. The number of hydrogen-bond donors (Lipinski definition) is 1. The number of hydrogen-bond acceptors (Lipinski definition) is 5. The summed E-state index contributed by atoms with van der Waals surface area (Å²) >= 11 is 6.23. The molecule has 0 bridgehead atoms. The predicted molar refractivity (Wildman–Crippen MR) is 116 cm³/mol. The summed E-state index contributed by atoms with van der Waals surface area (Å²) in [4.78, 5) is 51.4. The molecule has 1 aliphatic heterocycles. The predicted octanol–water partition coefficient (Wildman–Crippen LogP) is 3.07. The monoisotopic (exact) mass is 443 g/mol. The number of ether oxygens (including phenoxy) is 1. The number of nitrogens with zero attached hydrogens (tertiary/aromatic N) is 2. The second-order valence-corrected chi connectivity index (χ2v) is 7.29. The molecule has 31 heavy (non-hydrogen) atoms. The van der Waals surface area contributed by atoms with Crippen LogP contribution in [0.5, 0.6) is 5.75 Å². The lowest BCUT2D eigenvalue weighted by Gasteiger charge is -2.19. The molecule has 162 valence electrons. The van der Waals surface area contributed by atoms with Crippen LogP contribution < -0.4 is 10.1 Å². The molecule has 0 aliphatic carbocycles. The third kappa shape index (κ3) is 4.54. The Balaban J connectivity index is 1.68. The van der Waals surface area contributed by atoms with Gasteiger partial charge in [-0.1, -0.05) is 11.6 Å². The van der Waals surface area contributed by atoms with Crippen LogP contribution in [0, 0.1) is 0 Å². The molecule has 0 saturated heterocycles. The van der Waals surface area contributed by atoms with E-state index in [2.05, 4.69) is 5.32 Å². The molecule has 4 amide bonds. The molecule has 0 saturated carbocycles. The Hall–Kier alpha value is -3.39. The fourth-order valence-corrected chi connectivity index (χ4v) is 3.44. The van der Waals surface area contributed by atoms with Crippen molar-refractivity contribution in [3.63, 3.8) is 0 Å². The standard InChI is InChI=1S/C22H22ClN3O5/c1-4-26(5-2)19(27)12-31-18-9-7-14(11-17(18)23)24-20(28)13-6-8-15-16(10-13)22(30)25(3)21(15)29/h6-11H,4-5,12H2,1-3H3,(H,24,28). The van der Waals surface area contributed by atoms with Crippen molar-refractivity contribution in [2.75, 3.05) is 32.1 Å². The van der Waals surface area contributed by atoms with Gasteiger partial charge in [-0.15, -0.1) is 0 Å². The number of carbonyl (C=O) groups excluding carboxylic acids is 4. The van der Waals surface area contributed by atoms with E-state index in [0.29, 0.717) is 24.5 Å². The largest absolute Gasteiger partial charge is 0.482 e. The van der Waals surface area contributed by atoms with Crippen molar-refractivity contribution in [1.29, 1.82) is 0 Å². The van der Waals surface area contributed by atoms with E-state index in [4.69, 9.17) is 16.3 Å². The minimum atomic E-state index is -0.459. The van der Waals surface area contributed by atoms with Crippen molar-refractivity contribution in [2.45, 2.75) is 13.8 Å². The highest BCUT2D eigenvalue weighted by atomic mass is 35.5. The summed E-state index contributed by atoms with van der Waals surface area (Å²) < 4.78 is 5.50. The number of rotatable bonds is 7. The minimum Gasteiger partial charge on any atom is -0.482 e. The molecular weight excluding hydrogens is 422 g/mol. The van der Waals surface area contributed by atoms with Crippen molar-refractivity contribution in [3.8, 4) is 5.75 Å². The van der Waals surface area contributed by atoms with Gasteiger partial charge in [-0.25, -0.2) is 0 Å². The van der Waals surface area contributed by atoms with Crippen molar-refractivity contribution >= 4 is 40.9 Å². The van der Waals surface area contributed by atoms with Crippen LogP contribution in [0.15, 0.2) is 36.4 Å². The van der Waals surface area contributed by atoms with E-state index >= 15 is 0 Å². The van der Waals surface area contributed by atoms with Gasteiger partial charge in [0, 0.05) is 31.4 Å². The summed E-state index contributed by atoms with van der Waals surface area (Å²) in [5, 5.41) is 2.93. The van der Waals surface area contributed by atoms with Crippen molar-refractivity contribution in [3.05, 3.63) is 58.1 Å². The van der Waals surface area contributed by atoms with Crippen LogP contribution in [0.2, 0.25) is 5.02 Å². The van der Waals surface area contributed by atoms with E-state index in [1.807, 2.05) is 13.8 Å². The SMILES string of the molecule is CCN(CC)C(=O)COc1ccc(NC(=O)c2ccc3c(c2)C(=O)N(C)C3=O)cc1Cl. The maximum atomic E-state index is 12.6. The van der Waals surface area contributed by atoms with Gasteiger partial charge in [0.2, 0.25) is 0 Å². The molecular formula is C22H22ClN3O5. The molecule has 2 aromatic carbocycles. The highest BCUT2D eigenvalue weighted by Crippen LogP contribution is 2.28. The first kappa shape index (κ1) is 22.3. The highest BCUT2D eigenvalue weighted by molar-refractivity contribution is 6.32. The van der Waals surface area contributed by atoms with E-state index < -0.39 is 17.7 Å². The van der Waals surface area contributed by atoms with Gasteiger partial charge in [0.15, 0.2) is 6.61 Å². The normalized spacial score (nSPS) is 12.6. The van der Waals surface area contributed by atoms with E-state index in [-0.39, 0.29) is 34.2 Å². The molecule has 1 heterocycles. The van der Waals surface area contributed by atoms with Crippen LogP contribution in [0.1, 0.15) is 44.9 Å². The van der Waals surface area contributed by atoms with Crippen molar-refractivity contribution in [1.82, 2.24) is 9.80 Å². The Morgan fingerprint density at radius 1 is 1.03 bits per heavy atom. The maximum absolute atomic E-state index is 12.6. The van der Waals surface area contributed by atoms with Crippen LogP contribution in [-0.2, 0) is 4.79 Å². The van der Waals surface area contributed by atoms with Gasteiger partial charge in [-0.2, -0.15) is 0 Å². The third-order valence-electron chi connectivity index (χ3n) is 5.01. The average molecular weight is 444 g/mol. The Morgan fingerprint density at radius 2 is 1.71 bits per heavy atom. The molecule has 1 aliphatic rings. The Morgan fingerprint density at radius 3 is 2.35 bits per heavy atom. The van der Waals surface area contributed by atoms with Gasteiger partial charge < -0.3 is 15.0 Å². The zero-order valence-corrected chi connectivity index (χ0v) is 18.2. The van der Waals surface area contributed by atoms with Gasteiger partial charge in [0.25, 0.3) is 23.6 Å². The molecule has 1 N–H and O–H groups in total. The lowest BCUT2D eigenvalue weighted by atomic mass is 10.1. The molecule has 0 atom stereocenters. The van der Waals surface area contributed by atoms with Gasteiger partial charge in [0.05, 0.1) is 16.1 Å². The smallest absolute Gasteiger partial charge is 0.261 e.